The summed E-state index contributed by atoms with van der Waals surface area (Å²) in [5, 5.41) is 0. The number of nitrogens with two attached hydrogens (primary N) is 1. The van der Waals surface area contributed by atoms with Crippen LogP contribution in [0.5, 0.6) is 0 Å². The van der Waals surface area contributed by atoms with E-state index in [4.69, 9.17) is 5.73 Å². The van der Waals surface area contributed by atoms with Crippen LogP contribution in [0.25, 0.3) is 0 Å². The minimum absolute atomic E-state index is 0.0259. The van der Waals surface area contributed by atoms with Crippen molar-refractivity contribution in [1.82, 2.24) is 0 Å². The predicted octanol–water partition coefficient (Wildman–Crippen LogP) is 3.73. The normalized spacial score (nSPS) is 10.8. The molecule has 0 aliphatic carbocycles. The monoisotopic (exact) mass is 262 g/mol. The first-order chi connectivity index (χ1) is 9.03. The molecule has 2 N–H and O–H groups in total. The molecule has 1 aromatic rings. The van der Waals surface area contributed by atoms with Crippen LogP contribution in [0.4, 0.5) is 11.4 Å². The summed E-state index contributed by atoms with van der Waals surface area (Å²) in [6, 6.07) is 5.76. The number of ketones is 1. The Balaban J connectivity index is 2.98. The van der Waals surface area contributed by atoms with Crippen molar-refractivity contribution in [3.63, 3.8) is 0 Å². The van der Waals surface area contributed by atoms with Crippen molar-refractivity contribution in [2.45, 2.75) is 40.5 Å². The second-order valence-corrected chi connectivity index (χ2v) is 5.05. The maximum atomic E-state index is 11.6. The molecule has 0 atom stereocenters. The maximum absolute atomic E-state index is 11.6. The lowest BCUT2D eigenvalue weighted by Crippen LogP contribution is -2.29. The molecule has 0 aliphatic rings. The molecule has 0 radical (unpaired) electrons. The Kier molecular flexibility index (Phi) is 5.87. The number of nitrogen functional groups attached to an aromatic ring is 1. The fourth-order valence-electron chi connectivity index (χ4n) is 2.32. The van der Waals surface area contributed by atoms with Gasteiger partial charge in [-0.1, -0.05) is 26.7 Å². The zero-order chi connectivity index (χ0) is 14.4. The van der Waals surface area contributed by atoms with Gasteiger partial charge in [-0.25, -0.2) is 0 Å². The molecule has 0 spiro atoms. The summed E-state index contributed by atoms with van der Waals surface area (Å²) in [5.41, 5.74) is 8.13. The Hall–Kier alpha value is -1.51. The van der Waals surface area contributed by atoms with Crippen molar-refractivity contribution >= 4 is 17.2 Å². The van der Waals surface area contributed by atoms with E-state index < -0.39 is 0 Å². The molecular weight excluding hydrogens is 236 g/mol. The Bertz CT molecular complexity index is 425. The quantitative estimate of drug-likeness (QED) is 0.601. The molecule has 106 valence electrons. The minimum atomic E-state index is 0.0259. The summed E-state index contributed by atoms with van der Waals surface area (Å²) >= 11 is 0. The van der Waals surface area contributed by atoms with Crippen LogP contribution in [0, 0.1) is 5.92 Å². The molecule has 0 fully saturated rings. The highest BCUT2D eigenvalue weighted by Gasteiger charge is 2.13. The van der Waals surface area contributed by atoms with Crippen LogP contribution in [-0.2, 0) is 0 Å². The molecule has 0 saturated carbocycles. The van der Waals surface area contributed by atoms with Gasteiger partial charge in [0.1, 0.15) is 0 Å². The number of hydrogen-bond acceptors (Lipinski definition) is 3. The van der Waals surface area contributed by atoms with Crippen LogP contribution < -0.4 is 10.6 Å². The van der Waals surface area contributed by atoms with Gasteiger partial charge in [-0.15, -0.1) is 0 Å². The number of nitrogens with zero attached hydrogens (tertiary/aromatic N) is 1. The second-order valence-electron chi connectivity index (χ2n) is 5.05. The van der Waals surface area contributed by atoms with Gasteiger partial charge in [0.05, 0.1) is 0 Å². The molecule has 0 bridgehead atoms. The third kappa shape index (κ3) is 3.98. The fourth-order valence-corrected chi connectivity index (χ4v) is 2.32. The number of anilines is 2. The van der Waals surface area contributed by atoms with Gasteiger partial charge in [0, 0.05) is 30.0 Å². The van der Waals surface area contributed by atoms with Gasteiger partial charge in [0.15, 0.2) is 5.78 Å². The molecule has 3 heteroatoms. The van der Waals surface area contributed by atoms with Gasteiger partial charge in [-0.3, -0.25) is 4.79 Å². The van der Waals surface area contributed by atoms with Gasteiger partial charge in [0.2, 0.25) is 0 Å². The average molecular weight is 262 g/mol. The van der Waals surface area contributed by atoms with Crippen molar-refractivity contribution in [2.24, 2.45) is 5.92 Å². The first-order valence-electron chi connectivity index (χ1n) is 7.18. The number of benzene rings is 1. The van der Waals surface area contributed by atoms with Crippen molar-refractivity contribution < 1.29 is 4.79 Å². The third-order valence-corrected chi connectivity index (χ3v) is 3.80. The molecule has 0 heterocycles. The number of hydrogen-bond donors (Lipinski definition) is 1. The molecule has 0 amide bonds. The predicted molar refractivity (Wildman–Crippen MR) is 82.8 cm³/mol. The standard InChI is InChI=1S/C16H26N2O/c1-5-13(6-2)11-18(7-3)14-8-9-16(17)15(10-14)12(4)19/h8-10,13H,5-7,11,17H2,1-4H3. The fraction of sp³-hybridized carbons (Fsp3) is 0.562. The van der Waals surface area contributed by atoms with Crippen LogP contribution >= 0.6 is 0 Å². The molecule has 0 aromatic heterocycles. The van der Waals surface area contributed by atoms with Crippen molar-refractivity contribution in [3.8, 4) is 0 Å². The summed E-state index contributed by atoms with van der Waals surface area (Å²) in [5.74, 6) is 0.719. The van der Waals surface area contributed by atoms with Crippen LogP contribution in [0.15, 0.2) is 18.2 Å². The van der Waals surface area contributed by atoms with Crippen LogP contribution in [0.2, 0.25) is 0 Å². The minimum Gasteiger partial charge on any atom is -0.398 e. The number of rotatable bonds is 7. The lowest BCUT2D eigenvalue weighted by atomic mass is 10.0. The third-order valence-electron chi connectivity index (χ3n) is 3.80. The summed E-state index contributed by atoms with van der Waals surface area (Å²) in [6.07, 6.45) is 2.36. The number of Topliss-reactive ketones (excluding diaryl/α,β-unsaturated/α-hetero) is 1. The largest absolute Gasteiger partial charge is 0.398 e. The van der Waals surface area contributed by atoms with E-state index in [0.717, 1.165) is 18.8 Å². The summed E-state index contributed by atoms with van der Waals surface area (Å²) < 4.78 is 0. The molecule has 1 aromatic carbocycles. The Labute approximate surface area is 116 Å². The highest BCUT2D eigenvalue weighted by Crippen LogP contribution is 2.23. The van der Waals surface area contributed by atoms with E-state index >= 15 is 0 Å². The van der Waals surface area contributed by atoms with E-state index in [9.17, 15) is 4.79 Å². The topological polar surface area (TPSA) is 46.3 Å². The lowest BCUT2D eigenvalue weighted by Gasteiger charge is -2.28. The van der Waals surface area contributed by atoms with E-state index in [-0.39, 0.29) is 5.78 Å². The van der Waals surface area contributed by atoms with Gasteiger partial charge >= 0.3 is 0 Å². The number of carbonyl (C=O) groups is 1. The van der Waals surface area contributed by atoms with E-state index in [1.165, 1.54) is 12.8 Å². The van der Waals surface area contributed by atoms with Crippen molar-refractivity contribution in [2.75, 3.05) is 23.7 Å². The van der Waals surface area contributed by atoms with Gasteiger partial charge in [0.25, 0.3) is 0 Å². The Morgan fingerprint density at radius 3 is 2.37 bits per heavy atom. The smallest absolute Gasteiger partial charge is 0.161 e. The molecule has 3 nitrogen and oxygen atoms in total. The van der Waals surface area contributed by atoms with Crippen LogP contribution in [0.1, 0.15) is 50.9 Å². The molecule has 19 heavy (non-hydrogen) atoms. The average Bonchev–Trinajstić information content (AvgIpc) is 2.41. The molecular formula is C16H26N2O. The Morgan fingerprint density at radius 1 is 1.26 bits per heavy atom. The van der Waals surface area contributed by atoms with Gasteiger partial charge in [-0.05, 0) is 38.0 Å². The van der Waals surface area contributed by atoms with Crippen molar-refractivity contribution in [1.29, 1.82) is 0 Å². The Morgan fingerprint density at radius 2 is 1.89 bits per heavy atom. The van der Waals surface area contributed by atoms with E-state index in [1.54, 1.807) is 6.92 Å². The highest BCUT2D eigenvalue weighted by molar-refractivity contribution is 6.00. The molecule has 1 rings (SSSR count). The SMILES string of the molecule is CCC(CC)CN(CC)c1ccc(N)c(C(C)=O)c1. The summed E-state index contributed by atoms with van der Waals surface area (Å²) in [7, 11) is 0. The number of carbonyl (C=O) groups excluding carboxylic acids is 1. The molecule has 0 aliphatic heterocycles. The zero-order valence-electron chi connectivity index (χ0n) is 12.6. The first kappa shape index (κ1) is 15.5. The zero-order valence-corrected chi connectivity index (χ0v) is 12.6. The van der Waals surface area contributed by atoms with E-state index in [2.05, 4.69) is 25.7 Å². The van der Waals surface area contributed by atoms with E-state index in [0.29, 0.717) is 17.2 Å². The highest BCUT2D eigenvalue weighted by atomic mass is 16.1. The maximum Gasteiger partial charge on any atom is 0.161 e. The van der Waals surface area contributed by atoms with Crippen LogP contribution in [-0.4, -0.2) is 18.9 Å². The first-order valence-corrected chi connectivity index (χ1v) is 7.18. The van der Waals surface area contributed by atoms with Crippen molar-refractivity contribution in [3.05, 3.63) is 23.8 Å². The molecule has 0 unspecified atom stereocenters. The van der Waals surface area contributed by atoms with Gasteiger partial charge in [-0.2, -0.15) is 0 Å². The second kappa shape index (κ2) is 7.17. The van der Waals surface area contributed by atoms with E-state index in [1.807, 2.05) is 18.2 Å². The summed E-state index contributed by atoms with van der Waals surface area (Å²) in [4.78, 5) is 13.9. The lowest BCUT2D eigenvalue weighted by molar-refractivity contribution is 0.101. The van der Waals surface area contributed by atoms with Crippen LogP contribution in [0.3, 0.4) is 0 Å². The summed E-state index contributed by atoms with van der Waals surface area (Å²) in [6.45, 7) is 10.1. The van der Waals surface area contributed by atoms with Gasteiger partial charge < -0.3 is 10.6 Å². The molecule has 0 saturated heterocycles.